The van der Waals surface area contributed by atoms with Gasteiger partial charge in [0.15, 0.2) is 0 Å². The normalized spacial score (nSPS) is 10.2. The van der Waals surface area contributed by atoms with Gasteiger partial charge in [0.1, 0.15) is 5.75 Å². The molecule has 5 heteroatoms. The van der Waals surface area contributed by atoms with Crippen LogP contribution in [0.25, 0.3) is 0 Å². The summed E-state index contributed by atoms with van der Waals surface area (Å²) in [5.74, 6) is 0.231. The minimum atomic E-state index is -0.390. The number of benzene rings is 2. The first-order valence-corrected chi connectivity index (χ1v) is 5.83. The van der Waals surface area contributed by atoms with Crippen molar-refractivity contribution >= 4 is 11.4 Å². The van der Waals surface area contributed by atoms with E-state index in [2.05, 4.69) is 5.32 Å². The third-order valence-corrected chi connectivity index (χ3v) is 2.83. The number of nitro benzene ring substituents is 1. The van der Waals surface area contributed by atoms with E-state index in [1.807, 2.05) is 12.1 Å². The molecule has 0 unspecified atom stereocenters. The second-order valence-electron chi connectivity index (χ2n) is 4.28. The maximum atomic E-state index is 10.7. The van der Waals surface area contributed by atoms with Gasteiger partial charge in [-0.3, -0.25) is 10.1 Å². The highest BCUT2D eigenvalue weighted by molar-refractivity contribution is 5.53. The summed E-state index contributed by atoms with van der Waals surface area (Å²) in [6.45, 7) is 2.31. The monoisotopic (exact) mass is 258 g/mol. The molecule has 2 aromatic carbocycles. The first kappa shape index (κ1) is 12.9. The van der Waals surface area contributed by atoms with Crippen molar-refractivity contribution in [1.82, 2.24) is 0 Å². The maximum Gasteiger partial charge on any atom is 0.272 e. The van der Waals surface area contributed by atoms with Gasteiger partial charge in [0, 0.05) is 23.9 Å². The lowest BCUT2D eigenvalue weighted by molar-refractivity contribution is -0.385. The first-order chi connectivity index (χ1) is 9.06. The van der Waals surface area contributed by atoms with Crippen molar-refractivity contribution < 1.29 is 10.0 Å². The van der Waals surface area contributed by atoms with E-state index in [4.69, 9.17) is 0 Å². The average molecular weight is 258 g/mol. The second-order valence-corrected chi connectivity index (χ2v) is 4.28. The van der Waals surface area contributed by atoms with Crippen molar-refractivity contribution in [3.8, 4) is 5.75 Å². The van der Waals surface area contributed by atoms with Crippen molar-refractivity contribution in [2.45, 2.75) is 13.5 Å². The van der Waals surface area contributed by atoms with Gasteiger partial charge in [0.25, 0.3) is 5.69 Å². The van der Waals surface area contributed by atoms with E-state index >= 15 is 0 Å². The van der Waals surface area contributed by atoms with Gasteiger partial charge in [0.2, 0.25) is 0 Å². The van der Waals surface area contributed by atoms with Crippen molar-refractivity contribution in [2.24, 2.45) is 0 Å². The molecule has 0 heterocycles. The number of aryl methyl sites for hydroxylation is 1. The van der Waals surface area contributed by atoms with E-state index in [9.17, 15) is 15.2 Å². The summed E-state index contributed by atoms with van der Waals surface area (Å²) in [5, 5.41) is 23.1. The van der Waals surface area contributed by atoms with Gasteiger partial charge >= 0.3 is 0 Å². The Balaban J connectivity index is 2.06. The first-order valence-electron chi connectivity index (χ1n) is 5.83. The molecule has 19 heavy (non-hydrogen) atoms. The Morgan fingerprint density at radius 3 is 2.47 bits per heavy atom. The lowest BCUT2D eigenvalue weighted by atomic mass is 10.1. The van der Waals surface area contributed by atoms with Crippen LogP contribution < -0.4 is 5.32 Å². The minimum Gasteiger partial charge on any atom is -0.508 e. The van der Waals surface area contributed by atoms with Gasteiger partial charge in [-0.1, -0.05) is 12.1 Å². The van der Waals surface area contributed by atoms with Crippen LogP contribution in [0.3, 0.4) is 0 Å². The van der Waals surface area contributed by atoms with Crippen LogP contribution in [0.5, 0.6) is 5.75 Å². The number of nitrogens with one attached hydrogen (secondary N) is 1. The molecule has 2 N–H and O–H groups in total. The number of hydrogen-bond donors (Lipinski definition) is 2. The van der Waals surface area contributed by atoms with E-state index in [-0.39, 0.29) is 16.4 Å². The maximum absolute atomic E-state index is 10.7. The second kappa shape index (κ2) is 5.39. The van der Waals surface area contributed by atoms with Gasteiger partial charge in [0.05, 0.1) is 4.92 Å². The molecule has 0 saturated carbocycles. The Labute approximate surface area is 110 Å². The number of nitrogens with zero attached hydrogens (tertiary/aromatic N) is 1. The molecule has 0 atom stereocenters. The quantitative estimate of drug-likeness (QED) is 0.652. The minimum absolute atomic E-state index is 0.121. The van der Waals surface area contributed by atoms with E-state index in [1.165, 1.54) is 6.07 Å². The van der Waals surface area contributed by atoms with Gasteiger partial charge in [-0.25, -0.2) is 0 Å². The summed E-state index contributed by atoms with van der Waals surface area (Å²) in [7, 11) is 0. The van der Waals surface area contributed by atoms with Crippen molar-refractivity contribution in [3.63, 3.8) is 0 Å². The van der Waals surface area contributed by atoms with Crippen LogP contribution in [0, 0.1) is 17.0 Å². The van der Waals surface area contributed by atoms with Crippen LogP contribution in [0.15, 0.2) is 42.5 Å². The highest BCUT2D eigenvalue weighted by Gasteiger charge is 2.09. The molecule has 0 radical (unpaired) electrons. The zero-order valence-corrected chi connectivity index (χ0v) is 10.5. The lowest BCUT2D eigenvalue weighted by Gasteiger charge is -2.07. The molecule has 0 aliphatic rings. The van der Waals surface area contributed by atoms with Gasteiger partial charge < -0.3 is 10.4 Å². The molecule has 2 aromatic rings. The smallest absolute Gasteiger partial charge is 0.272 e. The number of nitro groups is 1. The lowest BCUT2D eigenvalue weighted by Crippen LogP contribution is -2.00. The molecule has 0 aliphatic heterocycles. The largest absolute Gasteiger partial charge is 0.508 e. The SMILES string of the molecule is Cc1cc(NCc2ccc(O)cc2)ccc1[N+](=O)[O-]. The number of aromatic hydroxyl groups is 1. The summed E-state index contributed by atoms with van der Waals surface area (Å²) in [4.78, 5) is 10.3. The number of phenols is 1. The molecule has 0 aliphatic carbocycles. The number of anilines is 1. The van der Waals surface area contributed by atoms with Crippen LogP contribution >= 0.6 is 0 Å². The molecule has 5 nitrogen and oxygen atoms in total. The standard InChI is InChI=1S/C14H14N2O3/c1-10-8-12(4-7-14(10)16(18)19)15-9-11-2-5-13(17)6-3-11/h2-8,15,17H,9H2,1H3. The molecule has 0 spiro atoms. The molecular formula is C14H14N2O3. The third-order valence-electron chi connectivity index (χ3n) is 2.83. The van der Waals surface area contributed by atoms with Gasteiger partial charge in [-0.15, -0.1) is 0 Å². The molecule has 0 fully saturated rings. The molecule has 2 rings (SSSR count). The van der Waals surface area contributed by atoms with Gasteiger partial charge in [-0.05, 0) is 36.8 Å². The highest BCUT2D eigenvalue weighted by atomic mass is 16.6. The van der Waals surface area contributed by atoms with E-state index in [0.717, 1.165) is 11.3 Å². The summed E-state index contributed by atoms with van der Waals surface area (Å²) >= 11 is 0. The van der Waals surface area contributed by atoms with E-state index in [1.54, 1.807) is 31.2 Å². The summed E-state index contributed by atoms with van der Waals surface area (Å²) < 4.78 is 0. The van der Waals surface area contributed by atoms with Gasteiger partial charge in [-0.2, -0.15) is 0 Å². The van der Waals surface area contributed by atoms with Crippen molar-refractivity contribution in [3.05, 3.63) is 63.7 Å². The van der Waals surface area contributed by atoms with Crippen molar-refractivity contribution in [1.29, 1.82) is 0 Å². The fraction of sp³-hybridized carbons (Fsp3) is 0.143. The van der Waals surface area contributed by atoms with E-state index in [0.29, 0.717) is 12.1 Å². The molecular weight excluding hydrogens is 244 g/mol. The summed E-state index contributed by atoms with van der Waals surface area (Å²) in [5.41, 5.74) is 2.60. The fourth-order valence-corrected chi connectivity index (χ4v) is 1.79. The van der Waals surface area contributed by atoms with Crippen LogP contribution in [0.1, 0.15) is 11.1 Å². The summed E-state index contributed by atoms with van der Waals surface area (Å²) in [6.07, 6.45) is 0. The molecule has 0 saturated heterocycles. The van der Waals surface area contributed by atoms with Crippen LogP contribution in [0.4, 0.5) is 11.4 Å². The Hall–Kier alpha value is -2.56. The zero-order valence-electron chi connectivity index (χ0n) is 10.5. The number of rotatable bonds is 4. The molecule has 0 amide bonds. The van der Waals surface area contributed by atoms with Crippen LogP contribution in [-0.4, -0.2) is 10.0 Å². The fourth-order valence-electron chi connectivity index (χ4n) is 1.79. The molecule has 0 aromatic heterocycles. The Morgan fingerprint density at radius 1 is 1.21 bits per heavy atom. The number of phenolic OH excluding ortho intramolecular Hbond substituents is 1. The Kier molecular flexibility index (Phi) is 3.66. The molecule has 98 valence electrons. The zero-order chi connectivity index (χ0) is 13.8. The predicted octanol–water partition coefficient (Wildman–Crippen LogP) is 3.22. The van der Waals surface area contributed by atoms with Crippen LogP contribution in [0.2, 0.25) is 0 Å². The predicted molar refractivity (Wildman–Crippen MR) is 73.3 cm³/mol. The van der Waals surface area contributed by atoms with E-state index < -0.39 is 0 Å². The average Bonchev–Trinajstić information content (AvgIpc) is 2.37. The van der Waals surface area contributed by atoms with Crippen LogP contribution in [-0.2, 0) is 6.54 Å². The molecule has 0 bridgehead atoms. The third kappa shape index (κ3) is 3.22. The summed E-state index contributed by atoms with van der Waals surface area (Å²) in [6, 6.07) is 11.8. The van der Waals surface area contributed by atoms with Crippen molar-refractivity contribution in [2.75, 3.05) is 5.32 Å². The number of hydrogen-bond acceptors (Lipinski definition) is 4. The topological polar surface area (TPSA) is 75.4 Å². The Morgan fingerprint density at radius 2 is 1.89 bits per heavy atom. The highest BCUT2D eigenvalue weighted by Crippen LogP contribution is 2.22. The Bertz CT molecular complexity index is 594.